The number of halogens is 3. The topological polar surface area (TPSA) is 85.5 Å². The number of ketones is 1. The highest BCUT2D eigenvalue weighted by molar-refractivity contribution is 6.38. The first-order chi connectivity index (χ1) is 16.6. The third-order valence-electron chi connectivity index (χ3n) is 6.42. The third-order valence-corrected chi connectivity index (χ3v) is 6.79. The zero-order valence-electron chi connectivity index (χ0n) is 19.2. The highest BCUT2D eigenvalue weighted by Crippen LogP contribution is 2.40. The number of pyridine rings is 1. The average Bonchev–Trinajstić information content (AvgIpc) is 3.35. The maximum atomic E-state index is 14.0. The number of aryl methyl sites for hydroxylation is 3. The lowest BCUT2D eigenvalue weighted by molar-refractivity contribution is 0.103. The van der Waals surface area contributed by atoms with Crippen molar-refractivity contribution < 1.29 is 18.7 Å². The number of aromatic nitrogens is 3. The maximum absolute atomic E-state index is 14.0. The van der Waals surface area contributed by atoms with Crippen LogP contribution in [-0.2, 0) is 13.7 Å². The minimum absolute atomic E-state index is 0.137. The van der Waals surface area contributed by atoms with Crippen molar-refractivity contribution >= 4 is 39.6 Å². The summed E-state index contributed by atoms with van der Waals surface area (Å²) in [5.41, 5.74) is 9.52. The molecule has 3 N–H and O–H groups in total. The van der Waals surface area contributed by atoms with E-state index in [9.17, 15) is 18.7 Å². The van der Waals surface area contributed by atoms with Gasteiger partial charge in [-0.2, -0.15) is 0 Å². The summed E-state index contributed by atoms with van der Waals surface area (Å²) < 4.78 is 31.6. The number of aliphatic hydroxyl groups is 1. The second-order valence-electron chi connectivity index (χ2n) is 8.50. The minimum atomic E-state index is -1.02. The van der Waals surface area contributed by atoms with Gasteiger partial charge in [-0.05, 0) is 49.7 Å². The van der Waals surface area contributed by atoms with Crippen LogP contribution in [0.3, 0.4) is 0 Å². The second-order valence-corrected chi connectivity index (χ2v) is 8.88. The third kappa shape index (κ3) is 3.40. The van der Waals surface area contributed by atoms with Gasteiger partial charge in [-0.1, -0.05) is 17.7 Å². The van der Waals surface area contributed by atoms with Crippen molar-refractivity contribution in [2.75, 3.05) is 5.73 Å². The Hall–Kier alpha value is -3.75. The molecule has 0 unspecified atom stereocenters. The molecule has 178 valence electrons. The van der Waals surface area contributed by atoms with Gasteiger partial charge in [0.1, 0.15) is 28.7 Å². The van der Waals surface area contributed by atoms with Crippen molar-refractivity contribution in [3.63, 3.8) is 0 Å². The molecule has 5 rings (SSSR count). The van der Waals surface area contributed by atoms with Crippen molar-refractivity contribution in [2.24, 2.45) is 7.05 Å². The number of anilines is 1. The fraction of sp³-hybridized carbons (Fsp3) is 0.154. The lowest BCUT2D eigenvalue weighted by Crippen LogP contribution is -2.08. The molecule has 0 spiro atoms. The van der Waals surface area contributed by atoms with Gasteiger partial charge in [-0.3, -0.25) is 4.79 Å². The molecule has 0 aliphatic carbocycles. The van der Waals surface area contributed by atoms with E-state index in [1.54, 1.807) is 16.7 Å². The largest absolute Gasteiger partial charge is 0.394 e. The van der Waals surface area contributed by atoms with Gasteiger partial charge < -0.3 is 19.8 Å². The van der Waals surface area contributed by atoms with Crippen LogP contribution in [-0.4, -0.2) is 24.8 Å². The van der Waals surface area contributed by atoms with Gasteiger partial charge in [-0.15, -0.1) is 0 Å². The normalized spacial score (nSPS) is 11.6. The Kier molecular flexibility index (Phi) is 5.38. The monoisotopic (exact) mass is 494 g/mol. The van der Waals surface area contributed by atoms with Crippen LogP contribution in [0.25, 0.3) is 27.7 Å². The number of nitrogens with two attached hydrogens (primary N) is 1. The van der Waals surface area contributed by atoms with Crippen molar-refractivity contribution in [3.05, 3.63) is 87.5 Å². The van der Waals surface area contributed by atoms with Gasteiger partial charge in [0.25, 0.3) is 0 Å². The predicted octanol–water partition coefficient (Wildman–Crippen LogP) is 5.35. The van der Waals surface area contributed by atoms with Crippen molar-refractivity contribution in [1.82, 2.24) is 14.0 Å². The molecule has 6 nitrogen and oxygen atoms in total. The van der Waals surface area contributed by atoms with Crippen LogP contribution in [0.1, 0.15) is 33.0 Å². The number of hydrogen-bond acceptors (Lipinski definition) is 4. The van der Waals surface area contributed by atoms with Gasteiger partial charge >= 0.3 is 0 Å². The molecule has 0 bridgehead atoms. The van der Waals surface area contributed by atoms with E-state index in [1.165, 1.54) is 6.07 Å². The van der Waals surface area contributed by atoms with Gasteiger partial charge in [0.2, 0.25) is 5.78 Å². The molecule has 35 heavy (non-hydrogen) atoms. The summed E-state index contributed by atoms with van der Waals surface area (Å²) in [6.45, 7) is 3.46. The van der Waals surface area contributed by atoms with Crippen LogP contribution in [0.4, 0.5) is 14.5 Å². The SMILES string of the molecule is Cc1cc2c(nc(C)n2C)c(Cl)c1-c1cccn2c(C(=O)c3cc(F)c(N)c(F)c3)cc(CO)c12. The van der Waals surface area contributed by atoms with Crippen LogP contribution in [0.5, 0.6) is 0 Å². The van der Waals surface area contributed by atoms with Crippen LogP contribution in [0.2, 0.25) is 5.02 Å². The van der Waals surface area contributed by atoms with Gasteiger partial charge in [-0.25, -0.2) is 13.8 Å². The maximum Gasteiger partial charge on any atom is 0.209 e. The summed E-state index contributed by atoms with van der Waals surface area (Å²) >= 11 is 6.87. The lowest BCUT2D eigenvalue weighted by atomic mass is 9.98. The molecule has 0 amide bonds. The fourth-order valence-corrected chi connectivity index (χ4v) is 4.94. The van der Waals surface area contributed by atoms with Crippen molar-refractivity contribution in [2.45, 2.75) is 20.5 Å². The molecule has 0 aliphatic heterocycles. The van der Waals surface area contributed by atoms with Gasteiger partial charge in [0.15, 0.2) is 0 Å². The number of benzene rings is 2. The molecule has 5 aromatic rings. The summed E-state index contributed by atoms with van der Waals surface area (Å²) in [6.07, 6.45) is 1.65. The number of carbonyl (C=O) groups excluding carboxylic acids is 1. The second kappa shape index (κ2) is 8.18. The molecule has 0 radical (unpaired) electrons. The first kappa shape index (κ1) is 23.0. The molecule has 0 saturated carbocycles. The summed E-state index contributed by atoms with van der Waals surface area (Å²) in [6, 6.07) is 8.91. The number of aliphatic hydroxyl groups excluding tert-OH is 1. The lowest BCUT2D eigenvalue weighted by Gasteiger charge is -2.14. The van der Waals surface area contributed by atoms with E-state index < -0.39 is 23.1 Å². The molecular weight excluding hydrogens is 474 g/mol. The number of nitrogen functional groups attached to an aromatic ring is 1. The first-order valence-electron chi connectivity index (χ1n) is 10.8. The number of rotatable bonds is 4. The van der Waals surface area contributed by atoms with E-state index in [2.05, 4.69) is 4.98 Å². The average molecular weight is 495 g/mol. The Labute approximate surface area is 204 Å². The van der Waals surface area contributed by atoms with E-state index in [0.29, 0.717) is 27.2 Å². The Bertz CT molecular complexity index is 1660. The van der Waals surface area contributed by atoms with Crippen molar-refractivity contribution in [3.8, 4) is 11.1 Å². The molecule has 0 fully saturated rings. The summed E-state index contributed by atoms with van der Waals surface area (Å²) in [4.78, 5) is 17.9. The van der Waals surface area contributed by atoms with Gasteiger partial charge in [0, 0.05) is 35.5 Å². The van der Waals surface area contributed by atoms with Gasteiger partial charge in [0.05, 0.1) is 28.4 Å². The molecule has 2 aromatic carbocycles. The molecule has 3 aromatic heterocycles. The molecule has 9 heteroatoms. The van der Waals surface area contributed by atoms with Crippen LogP contribution < -0.4 is 5.73 Å². The summed E-state index contributed by atoms with van der Waals surface area (Å²) in [5.74, 6) is -1.84. The zero-order valence-corrected chi connectivity index (χ0v) is 19.9. The number of carbonyl (C=O) groups is 1. The summed E-state index contributed by atoms with van der Waals surface area (Å²) in [7, 11) is 1.92. The predicted molar refractivity (Wildman–Crippen MR) is 132 cm³/mol. The minimum Gasteiger partial charge on any atom is -0.394 e. The van der Waals surface area contributed by atoms with Crippen molar-refractivity contribution in [1.29, 1.82) is 0 Å². The molecular formula is C26H21ClF2N4O2. The first-order valence-corrected chi connectivity index (χ1v) is 11.2. The molecule has 0 saturated heterocycles. The van der Waals surface area contributed by atoms with E-state index in [4.69, 9.17) is 17.3 Å². The Morgan fingerprint density at radius 3 is 2.51 bits per heavy atom. The quantitative estimate of drug-likeness (QED) is 0.260. The van der Waals surface area contributed by atoms with E-state index in [1.807, 2.05) is 37.6 Å². The smallest absolute Gasteiger partial charge is 0.209 e. The van der Waals surface area contributed by atoms with E-state index >= 15 is 0 Å². The standard InChI is InChI=1S/C26H21ClF2N4O2/c1-12-7-19-24(31-13(2)32(19)3)22(27)21(12)16-5-4-6-33-20(10-15(11-34)25(16)33)26(35)14-8-17(28)23(30)18(29)9-14/h4-10,34H,11,30H2,1-3H3. The van der Waals surface area contributed by atoms with Crippen LogP contribution >= 0.6 is 11.6 Å². The number of fused-ring (bicyclic) bond motifs is 2. The number of imidazole rings is 1. The highest BCUT2D eigenvalue weighted by Gasteiger charge is 2.24. The van der Waals surface area contributed by atoms with E-state index in [0.717, 1.165) is 34.6 Å². The zero-order chi connectivity index (χ0) is 25.2. The molecule has 0 atom stereocenters. The Balaban J connectivity index is 1.77. The highest BCUT2D eigenvalue weighted by atomic mass is 35.5. The van der Waals surface area contributed by atoms with Crippen LogP contribution in [0, 0.1) is 25.5 Å². The summed E-state index contributed by atoms with van der Waals surface area (Å²) in [5, 5.41) is 10.6. The molecule has 3 heterocycles. The molecule has 0 aliphatic rings. The number of hydrogen-bond donors (Lipinski definition) is 2. The van der Waals surface area contributed by atoms with Crippen LogP contribution in [0.15, 0.2) is 42.6 Å². The van der Waals surface area contributed by atoms with E-state index in [-0.39, 0.29) is 17.9 Å². The fourth-order valence-electron chi connectivity index (χ4n) is 4.55. The Morgan fingerprint density at radius 1 is 1.17 bits per heavy atom. The Morgan fingerprint density at radius 2 is 1.86 bits per heavy atom. The number of nitrogens with zero attached hydrogens (tertiary/aromatic N) is 3.